The predicted molar refractivity (Wildman–Crippen MR) is 189 cm³/mol. The first-order chi connectivity index (χ1) is 22.7. The zero-order chi connectivity index (χ0) is 32.1. The number of unbranched alkanes of at least 4 members (excludes halogenated alkanes) is 13. The molecule has 0 aliphatic heterocycles. The monoisotopic (exact) mass is 624 g/mol. The first-order valence-electron chi connectivity index (χ1n) is 17.7. The van der Waals surface area contributed by atoms with E-state index in [1.54, 1.807) is 24.5 Å². The lowest BCUT2D eigenvalue weighted by Crippen LogP contribution is -1.99. The Hall–Kier alpha value is -3.73. The van der Waals surface area contributed by atoms with Gasteiger partial charge >= 0.3 is 0 Å². The second-order valence-electron chi connectivity index (χ2n) is 12.4. The Bertz CT molecular complexity index is 1340. The van der Waals surface area contributed by atoms with Crippen LogP contribution in [0.5, 0.6) is 11.5 Å². The van der Waals surface area contributed by atoms with Crippen molar-refractivity contribution in [3.63, 3.8) is 0 Å². The van der Waals surface area contributed by atoms with Crippen molar-refractivity contribution in [3.05, 3.63) is 96.6 Å². The molecule has 0 fully saturated rings. The van der Waals surface area contributed by atoms with Crippen molar-refractivity contribution < 1.29 is 13.9 Å². The number of benzene rings is 3. The van der Waals surface area contributed by atoms with Crippen molar-refractivity contribution in [1.82, 2.24) is 9.97 Å². The van der Waals surface area contributed by atoms with Gasteiger partial charge in [0.2, 0.25) is 0 Å². The molecule has 0 aliphatic carbocycles. The molecular weight excluding hydrogens is 571 g/mol. The average Bonchev–Trinajstić information content (AvgIpc) is 3.09. The topological polar surface area (TPSA) is 44.2 Å². The first-order valence-corrected chi connectivity index (χ1v) is 17.7. The number of aromatic nitrogens is 2. The molecule has 3 aromatic carbocycles. The molecule has 0 N–H and O–H groups in total. The third kappa shape index (κ3) is 13.3. The van der Waals surface area contributed by atoms with Crippen LogP contribution in [0, 0.1) is 5.82 Å². The number of halogens is 1. The molecule has 0 bridgehead atoms. The van der Waals surface area contributed by atoms with E-state index in [1.165, 1.54) is 101 Å². The maximum atomic E-state index is 13.1. The molecule has 0 radical (unpaired) electrons. The number of hydrogen-bond donors (Lipinski definition) is 0. The van der Waals surface area contributed by atoms with Crippen LogP contribution in [0.2, 0.25) is 0 Å². The Balaban J connectivity index is 0.959. The maximum Gasteiger partial charge on any atom is 0.159 e. The highest BCUT2D eigenvalue weighted by molar-refractivity contribution is 5.64. The van der Waals surface area contributed by atoms with Gasteiger partial charge in [0.05, 0.1) is 25.6 Å². The number of rotatable bonds is 23. The standard InChI is InChI=1S/C41H53FN2O2/c1-2-3-4-5-11-14-17-34-18-20-37(21-19-34)41-43-32-40(33-44-41)46-31-16-13-10-8-6-7-9-12-15-30-45-39-28-24-36(25-29-39)35-22-26-38(42)27-23-35/h18-29,32-33H,2-17,30-31H2,1H3. The third-order valence-corrected chi connectivity index (χ3v) is 8.52. The minimum Gasteiger partial charge on any atom is -0.494 e. The van der Waals surface area contributed by atoms with Gasteiger partial charge in [-0.3, -0.25) is 0 Å². The van der Waals surface area contributed by atoms with E-state index >= 15 is 0 Å². The van der Waals surface area contributed by atoms with Crippen molar-refractivity contribution >= 4 is 0 Å². The molecule has 0 saturated carbocycles. The second-order valence-corrected chi connectivity index (χ2v) is 12.4. The Morgan fingerprint density at radius 2 is 0.935 bits per heavy atom. The van der Waals surface area contributed by atoms with E-state index in [0.717, 1.165) is 59.9 Å². The quantitative estimate of drug-likeness (QED) is 0.0770. The van der Waals surface area contributed by atoms with Crippen LogP contribution in [0.4, 0.5) is 4.39 Å². The number of hydrogen-bond acceptors (Lipinski definition) is 4. The largest absolute Gasteiger partial charge is 0.494 e. The van der Waals surface area contributed by atoms with E-state index in [-0.39, 0.29) is 5.82 Å². The fourth-order valence-electron chi connectivity index (χ4n) is 5.68. The van der Waals surface area contributed by atoms with Gasteiger partial charge < -0.3 is 9.47 Å². The van der Waals surface area contributed by atoms with Crippen molar-refractivity contribution in [1.29, 1.82) is 0 Å². The molecule has 0 spiro atoms. The van der Waals surface area contributed by atoms with Gasteiger partial charge in [0.25, 0.3) is 0 Å². The molecule has 0 atom stereocenters. The summed E-state index contributed by atoms with van der Waals surface area (Å²) in [6.45, 7) is 3.72. The van der Waals surface area contributed by atoms with E-state index in [9.17, 15) is 4.39 Å². The van der Waals surface area contributed by atoms with Crippen LogP contribution in [-0.2, 0) is 6.42 Å². The molecule has 1 heterocycles. The van der Waals surface area contributed by atoms with E-state index in [0.29, 0.717) is 6.61 Å². The lowest BCUT2D eigenvalue weighted by Gasteiger charge is -2.08. The molecule has 4 rings (SSSR count). The summed E-state index contributed by atoms with van der Waals surface area (Å²) in [5.41, 5.74) is 4.52. The lowest BCUT2D eigenvalue weighted by atomic mass is 10.0. The van der Waals surface area contributed by atoms with Crippen LogP contribution in [0.15, 0.2) is 85.2 Å². The van der Waals surface area contributed by atoms with E-state index in [1.807, 2.05) is 24.3 Å². The summed E-state index contributed by atoms with van der Waals surface area (Å²) in [4.78, 5) is 9.07. The summed E-state index contributed by atoms with van der Waals surface area (Å²) >= 11 is 0. The van der Waals surface area contributed by atoms with Crippen LogP contribution in [0.3, 0.4) is 0 Å². The number of aryl methyl sites for hydroxylation is 1. The minimum atomic E-state index is -0.214. The van der Waals surface area contributed by atoms with Gasteiger partial charge in [-0.15, -0.1) is 0 Å². The van der Waals surface area contributed by atoms with Gasteiger partial charge in [-0.25, -0.2) is 14.4 Å². The maximum absolute atomic E-state index is 13.1. The normalized spacial score (nSPS) is 11.1. The fraction of sp³-hybridized carbons (Fsp3) is 0.463. The zero-order valence-corrected chi connectivity index (χ0v) is 27.9. The summed E-state index contributed by atoms with van der Waals surface area (Å²) in [5, 5.41) is 0. The smallest absolute Gasteiger partial charge is 0.159 e. The average molecular weight is 625 g/mol. The molecular formula is C41H53FN2O2. The Morgan fingerprint density at radius 3 is 1.50 bits per heavy atom. The van der Waals surface area contributed by atoms with Crippen LogP contribution in [-0.4, -0.2) is 23.2 Å². The van der Waals surface area contributed by atoms with Crippen LogP contribution in [0.1, 0.15) is 109 Å². The van der Waals surface area contributed by atoms with Gasteiger partial charge in [0.1, 0.15) is 11.6 Å². The number of ether oxygens (including phenoxy) is 2. The van der Waals surface area contributed by atoms with Crippen LogP contribution >= 0.6 is 0 Å². The lowest BCUT2D eigenvalue weighted by molar-refractivity contribution is 0.301. The highest BCUT2D eigenvalue weighted by Crippen LogP contribution is 2.23. The van der Waals surface area contributed by atoms with Crippen LogP contribution < -0.4 is 9.47 Å². The molecule has 246 valence electrons. The fourth-order valence-corrected chi connectivity index (χ4v) is 5.68. The predicted octanol–water partition coefficient (Wildman–Crippen LogP) is 11.8. The molecule has 4 nitrogen and oxygen atoms in total. The highest BCUT2D eigenvalue weighted by Gasteiger charge is 2.04. The number of nitrogens with zero attached hydrogens (tertiary/aromatic N) is 2. The summed E-state index contributed by atoms with van der Waals surface area (Å²) in [7, 11) is 0. The van der Waals surface area contributed by atoms with Gasteiger partial charge in [0, 0.05) is 5.56 Å². The van der Waals surface area contributed by atoms with E-state index in [2.05, 4.69) is 41.2 Å². The Kier molecular flexibility index (Phi) is 16.1. The molecule has 46 heavy (non-hydrogen) atoms. The summed E-state index contributed by atoms with van der Waals surface area (Å²) in [6, 6.07) is 23.3. The third-order valence-electron chi connectivity index (χ3n) is 8.52. The second kappa shape index (κ2) is 21.1. The van der Waals surface area contributed by atoms with E-state index in [4.69, 9.17) is 9.47 Å². The SMILES string of the molecule is CCCCCCCCc1ccc(-c2ncc(OCCCCCCCCCCCOc3ccc(-c4ccc(F)cc4)cc3)cn2)cc1. The van der Waals surface area contributed by atoms with E-state index < -0.39 is 0 Å². The molecule has 1 aromatic heterocycles. The van der Waals surface area contributed by atoms with Gasteiger partial charge in [-0.1, -0.05) is 133 Å². The summed E-state index contributed by atoms with van der Waals surface area (Å²) in [6.07, 6.45) is 23.6. The van der Waals surface area contributed by atoms with Gasteiger partial charge in [0.15, 0.2) is 11.6 Å². The molecule has 0 aliphatic rings. The van der Waals surface area contributed by atoms with Crippen LogP contribution in [0.25, 0.3) is 22.5 Å². The van der Waals surface area contributed by atoms with Crippen molar-refractivity contribution in [2.45, 2.75) is 110 Å². The van der Waals surface area contributed by atoms with Crippen molar-refractivity contribution in [3.8, 4) is 34.0 Å². The Labute approximate surface area is 276 Å². The van der Waals surface area contributed by atoms with Gasteiger partial charge in [-0.05, 0) is 66.6 Å². The highest BCUT2D eigenvalue weighted by atomic mass is 19.1. The minimum absolute atomic E-state index is 0.214. The van der Waals surface area contributed by atoms with Crippen molar-refractivity contribution in [2.24, 2.45) is 0 Å². The summed E-state index contributed by atoms with van der Waals surface area (Å²) < 4.78 is 24.9. The van der Waals surface area contributed by atoms with Gasteiger partial charge in [-0.2, -0.15) is 0 Å². The molecule has 0 unspecified atom stereocenters. The zero-order valence-electron chi connectivity index (χ0n) is 27.9. The molecule has 5 heteroatoms. The first kappa shape index (κ1) is 35.1. The summed E-state index contributed by atoms with van der Waals surface area (Å²) in [5.74, 6) is 2.17. The molecule has 0 saturated heterocycles. The molecule has 0 amide bonds. The van der Waals surface area contributed by atoms with Crippen molar-refractivity contribution in [2.75, 3.05) is 13.2 Å². The Morgan fingerprint density at radius 1 is 0.478 bits per heavy atom. The molecule has 4 aromatic rings.